The molecule has 0 heterocycles. The number of halogens is 2. The number of hydrogen-bond donors (Lipinski definition) is 2. The Morgan fingerprint density at radius 1 is 1.54 bits per heavy atom. The topological polar surface area (TPSA) is 49.3 Å². The molecule has 0 saturated heterocycles. The highest BCUT2D eigenvalue weighted by atomic mass is 19.3. The molecule has 1 saturated carbocycles. The van der Waals surface area contributed by atoms with Crippen molar-refractivity contribution in [3.63, 3.8) is 0 Å². The zero-order chi connectivity index (χ0) is 9.90. The van der Waals surface area contributed by atoms with E-state index in [2.05, 4.69) is 5.32 Å². The van der Waals surface area contributed by atoms with Gasteiger partial charge in [0.1, 0.15) is 0 Å². The van der Waals surface area contributed by atoms with E-state index >= 15 is 0 Å². The number of alkyl halides is 2. The molecule has 0 spiro atoms. The van der Waals surface area contributed by atoms with Crippen LogP contribution in [0, 0.1) is 0 Å². The minimum Gasteiger partial charge on any atom is -0.480 e. The zero-order valence-corrected chi connectivity index (χ0v) is 7.22. The summed E-state index contributed by atoms with van der Waals surface area (Å²) in [6.45, 7) is -0.389. The maximum Gasteiger partial charge on any atom is 0.317 e. The van der Waals surface area contributed by atoms with E-state index in [0.29, 0.717) is 12.8 Å². The lowest BCUT2D eigenvalue weighted by molar-refractivity contribution is -0.137. The first-order valence-corrected chi connectivity index (χ1v) is 4.35. The van der Waals surface area contributed by atoms with Crippen LogP contribution in [0.25, 0.3) is 0 Å². The average Bonchev–Trinajstić information content (AvgIpc) is 2.01. The molecule has 0 aromatic heterocycles. The third kappa shape index (κ3) is 2.91. The molecule has 1 unspecified atom stereocenters. The van der Waals surface area contributed by atoms with E-state index in [9.17, 15) is 13.6 Å². The van der Waals surface area contributed by atoms with Crippen molar-refractivity contribution in [2.45, 2.75) is 37.6 Å². The first kappa shape index (κ1) is 10.4. The lowest BCUT2D eigenvalue weighted by atomic mass is 9.91. The Morgan fingerprint density at radius 3 is 2.77 bits per heavy atom. The van der Waals surface area contributed by atoms with Crippen LogP contribution in [0.5, 0.6) is 0 Å². The molecule has 1 atom stereocenters. The second-order valence-electron chi connectivity index (χ2n) is 3.33. The number of aliphatic carboxylic acids is 1. The van der Waals surface area contributed by atoms with Crippen molar-refractivity contribution in [3.05, 3.63) is 0 Å². The summed E-state index contributed by atoms with van der Waals surface area (Å²) in [5, 5.41) is 10.7. The molecule has 13 heavy (non-hydrogen) atoms. The molecule has 1 aliphatic carbocycles. The van der Waals surface area contributed by atoms with Crippen LogP contribution in [0.1, 0.15) is 25.7 Å². The van der Waals surface area contributed by atoms with Crippen LogP contribution in [0.2, 0.25) is 0 Å². The largest absolute Gasteiger partial charge is 0.480 e. The van der Waals surface area contributed by atoms with Crippen molar-refractivity contribution >= 4 is 5.97 Å². The van der Waals surface area contributed by atoms with Crippen molar-refractivity contribution in [1.82, 2.24) is 5.32 Å². The smallest absolute Gasteiger partial charge is 0.317 e. The number of hydrogen-bond acceptors (Lipinski definition) is 2. The quantitative estimate of drug-likeness (QED) is 0.709. The fourth-order valence-corrected chi connectivity index (χ4v) is 1.56. The Kier molecular flexibility index (Phi) is 3.19. The Bertz CT molecular complexity index is 197. The van der Waals surface area contributed by atoms with Crippen LogP contribution < -0.4 is 5.32 Å². The first-order chi connectivity index (χ1) is 6.02. The second-order valence-corrected chi connectivity index (χ2v) is 3.33. The molecule has 0 bridgehead atoms. The molecule has 1 rings (SSSR count). The van der Waals surface area contributed by atoms with Crippen LogP contribution in [-0.4, -0.2) is 29.6 Å². The Morgan fingerprint density at radius 2 is 2.23 bits per heavy atom. The lowest BCUT2D eigenvalue weighted by Crippen LogP contribution is -2.48. The van der Waals surface area contributed by atoms with Crippen molar-refractivity contribution in [2.24, 2.45) is 0 Å². The molecule has 0 aromatic rings. The molecule has 0 radical (unpaired) electrons. The van der Waals surface area contributed by atoms with E-state index < -0.39 is 17.9 Å². The minimum atomic E-state index is -2.74. The SMILES string of the molecule is O=C(O)CNC1CCCCC1(F)F. The predicted octanol–water partition coefficient (Wildman–Crippen LogP) is 1.24. The minimum absolute atomic E-state index is 0.135. The Balaban J connectivity index is 2.41. The van der Waals surface area contributed by atoms with Gasteiger partial charge in [0.2, 0.25) is 0 Å². The summed E-state index contributed by atoms with van der Waals surface area (Å²) in [5.74, 6) is -3.84. The van der Waals surface area contributed by atoms with Crippen molar-refractivity contribution in [2.75, 3.05) is 6.54 Å². The van der Waals surface area contributed by atoms with Gasteiger partial charge in [-0.3, -0.25) is 10.1 Å². The third-order valence-electron chi connectivity index (χ3n) is 2.26. The van der Waals surface area contributed by atoms with Gasteiger partial charge in [0.05, 0.1) is 12.6 Å². The molecule has 0 aliphatic heterocycles. The van der Waals surface area contributed by atoms with Gasteiger partial charge in [-0.1, -0.05) is 6.42 Å². The molecular formula is C8H13F2NO2. The molecule has 76 valence electrons. The van der Waals surface area contributed by atoms with Crippen LogP contribution in [0.3, 0.4) is 0 Å². The summed E-state index contributed by atoms with van der Waals surface area (Å²) in [6, 6.07) is -0.961. The summed E-state index contributed by atoms with van der Waals surface area (Å²) >= 11 is 0. The van der Waals surface area contributed by atoms with E-state index in [1.807, 2.05) is 0 Å². The van der Waals surface area contributed by atoms with Gasteiger partial charge in [0.25, 0.3) is 5.92 Å². The van der Waals surface area contributed by atoms with E-state index in [1.54, 1.807) is 0 Å². The van der Waals surface area contributed by atoms with Gasteiger partial charge in [0, 0.05) is 6.42 Å². The van der Waals surface area contributed by atoms with Crippen LogP contribution in [-0.2, 0) is 4.79 Å². The van der Waals surface area contributed by atoms with Crippen molar-refractivity contribution in [3.8, 4) is 0 Å². The molecule has 1 fully saturated rings. The van der Waals surface area contributed by atoms with Crippen LogP contribution in [0.15, 0.2) is 0 Å². The third-order valence-corrected chi connectivity index (χ3v) is 2.26. The number of rotatable bonds is 3. The van der Waals surface area contributed by atoms with Gasteiger partial charge in [0.15, 0.2) is 0 Å². The summed E-state index contributed by atoms with van der Waals surface area (Å²) in [7, 11) is 0. The predicted molar refractivity (Wildman–Crippen MR) is 42.8 cm³/mol. The molecule has 3 nitrogen and oxygen atoms in total. The maximum absolute atomic E-state index is 13.1. The number of carbonyl (C=O) groups is 1. The zero-order valence-electron chi connectivity index (χ0n) is 7.22. The fourth-order valence-electron chi connectivity index (χ4n) is 1.56. The van der Waals surface area contributed by atoms with Gasteiger partial charge >= 0.3 is 5.97 Å². The molecular weight excluding hydrogens is 180 g/mol. The number of nitrogens with one attached hydrogen (secondary N) is 1. The highest BCUT2D eigenvalue weighted by Gasteiger charge is 2.41. The van der Waals surface area contributed by atoms with Gasteiger partial charge in [-0.15, -0.1) is 0 Å². The summed E-state index contributed by atoms with van der Waals surface area (Å²) in [4.78, 5) is 10.1. The molecule has 1 aliphatic rings. The first-order valence-electron chi connectivity index (χ1n) is 4.35. The molecule has 0 aromatic carbocycles. The summed E-state index contributed by atoms with van der Waals surface area (Å²) in [6.07, 6.45) is 1.50. The van der Waals surface area contributed by atoms with E-state index in [0.717, 1.165) is 6.42 Å². The standard InChI is InChI=1S/C8H13F2NO2/c9-8(10)4-2-1-3-6(8)11-5-7(12)13/h6,11H,1-5H2,(H,12,13). The van der Waals surface area contributed by atoms with Gasteiger partial charge in [-0.25, -0.2) is 8.78 Å². The van der Waals surface area contributed by atoms with Gasteiger partial charge in [-0.05, 0) is 12.8 Å². The lowest BCUT2D eigenvalue weighted by Gasteiger charge is -2.31. The fraction of sp³-hybridized carbons (Fsp3) is 0.875. The Labute approximate surface area is 75.1 Å². The van der Waals surface area contributed by atoms with E-state index in [1.165, 1.54) is 0 Å². The van der Waals surface area contributed by atoms with Crippen LogP contribution in [0.4, 0.5) is 8.78 Å². The normalized spacial score (nSPS) is 27.1. The Hall–Kier alpha value is -0.710. The monoisotopic (exact) mass is 193 g/mol. The summed E-state index contributed by atoms with van der Waals surface area (Å²) in [5.41, 5.74) is 0. The van der Waals surface area contributed by atoms with E-state index in [4.69, 9.17) is 5.11 Å². The van der Waals surface area contributed by atoms with Gasteiger partial charge < -0.3 is 5.11 Å². The van der Waals surface area contributed by atoms with Gasteiger partial charge in [-0.2, -0.15) is 0 Å². The van der Waals surface area contributed by atoms with Crippen molar-refractivity contribution < 1.29 is 18.7 Å². The van der Waals surface area contributed by atoms with Crippen molar-refractivity contribution in [1.29, 1.82) is 0 Å². The number of carboxylic acids is 1. The maximum atomic E-state index is 13.1. The molecule has 0 amide bonds. The number of carboxylic acid groups (broad SMARTS) is 1. The highest BCUT2D eigenvalue weighted by molar-refractivity contribution is 5.69. The van der Waals surface area contributed by atoms with E-state index in [-0.39, 0.29) is 13.0 Å². The highest BCUT2D eigenvalue weighted by Crippen LogP contribution is 2.33. The summed E-state index contributed by atoms with van der Waals surface area (Å²) < 4.78 is 26.1. The molecule has 5 heteroatoms. The average molecular weight is 193 g/mol. The van der Waals surface area contributed by atoms with Crippen LogP contribution >= 0.6 is 0 Å². The second kappa shape index (κ2) is 4.00. The molecule has 2 N–H and O–H groups in total.